The van der Waals surface area contributed by atoms with Gasteiger partial charge in [0, 0.05) is 6.42 Å². The molecule has 0 saturated heterocycles. The molecule has 0 aromatic heterocycles. The summed E-state index contributed by atoms with van der Waals surface area (Å²) < 4.78 is 0. The number of nitriles is 1. The number of hydrogen-bond acceptors (Lipinski definition) is 1. The van der Waals surface area contributed by atoms with Gasteiger partial charge in [-0.25, -0.2) is 0 Å². The van der Waals surface area contributed by atoms with E-state index in [1.165, 1.54) is 0 Å². The lowest BCUT2D eigenvalue weighted by molar-refractivity contribution is 1.23. The van der Waals surface area contributed by atoms with Crippen molar-refractivity contribution < 1.29 is 0 Å². The fourth-order valence-corrected chi connectivity index (χ4v) is 0.821. The predicted molar refractivity (Wildman–Crippen MR) is 33.9 cm³/mol. The van der Waals surface area contributed by atoms with Crippen LogP contribution in [0.2, 0.25) is 0 Å². The normalized spacial score (nSPS) is 8.86. The second kappa shape index (κ2) is 4.09. The Morgan fingerprint density at radius 3 is 2.29 bits per heavy atom. The highest BCUT2D eigenvalue weighted by Gasteiger charge is 1.87. The minimum Gasteiger partial charge on any atom is -0.198 e. The Kier molecular flexibility index (Phi) is 4.04. The van der Waals surface area contributed by atoms with E-state index in [1.807, 2.05) is 0 Å². The quantitative estimate of drug-likeness (QED) is 0.502. The molecule has 0 aliphatic heterocycles. The van der Waals surface area contributed by atoms with E-state index in [0.29, 0.717) is 0 Å². The summed E-state index contributed by atoms with van der Waals surface area (Å²) in [5.41, 5.74) is 0. The first-order valence-corrected chi connectivity index (χ1v) is 4.71. The SMILES string of the molecule is CP(C)CCC#N. The zero-order chi connectivity index (χ0) is 5.70. The van der Waals surface area contributed by atoms with Crippen LogP contribution in [0.15, 0.2) is 0 Å². The van der Waals surface area contributed by atoms with E-state index in [9.17, 15) is 0 Å². The monoisotopic (exact) mass is 115 g/mol. The smallest absolute Gasteiger partial charge is 0.0625 e. The van der Waals surface area contributed by atoms with Gasteiger partial charge in [0.25, 0.3) is 0 Å². The van der Waals surface area contributed by atoms with Gasteiger partial charge in [-0.2, -0.15) is 5.26 Å². The van der Waals surface area contributed by atoms with Crippen LogP contribution in [-0.4, -0.2) is 19.5 Å². The lowest BCUT2D eigenvalue weighted by Crippen LogP contribution is -1.75. The Balaban J connectivity index is 2.86. The van der Waals surface area contributed by atoms with Crippen molar-refractivity contribution in [2.24, 2.45) is 0 Å². The lowest BCUT2D eigenvalue weighted by Gasteiger charge is -1.96. The molecule has 0 fully saturated rings. The van der Waals surface area contributed by atoms with Crippen LogP contribution in [0.5, 0.6) is 0 Å². The molecule has 0 saturated carbocycles. The average molecular weight is 115 g/mol. The third-order valence-corrected chi connectivity index (χ3v) is 1.79. The molecule has 0 atom stereocenters. The second-order valence-electron chi connectivity index (χ2n) is 1.71. The number of rotatable bonds is 2. The molecule has 0 aliphatic carbocycles. The highest BCUT2D eigenvalue weighted by Crippen LogP contribution is 2.24. The highest BCUT2D eigenvalue weighted by molar-refractivity contribution is 7.55. The van der Waals surface area contributed by atoms with E-state index < -0.39 is 0 Å². The van der Waals surface area contributed by atoms with E-state index in [0.717, 1.165) is 12.6 Å². The maximum Gasteiger partial charge on any atom is 0.0625 e. The van der Waals surface area contributed by atoms with Gasteiger partial charge in [0.05, 0.1) is 6.07 Å². The first-order chi connectivity index (χ1) is 3.27. The van der Waals surface area contributed by atoms with Crippen molar-refractivity contribution in [3.05, 3.63) is 0 Å². The summed E-state index contributed by atoms with van der Waals surface area (Å²) >= 11 is 0. The molecule has 0 rings (SSSR count). The molecular formula is C5H10NP. The van der Waals surface area contributed by atoms with E-state index in [1.54, 1.807) is 0 Å². The van der Waals surface area contributed by atoms with Crippen LogP contribution in [0.4, 0.5) is 0 Å². The maximum atomic E-state index is 8.08. The van der Waals surface area contributed by atoms with Crippen molar-refractivity contribution in [1.29, 1.82) is 5.26 Å². The van der Waals surface area contributed by atoms with Crippen LogP contribution in [0.1, 0.15) is 6.42 Å². The Morgan fingerprint density at radius 1 is 1.57 bits per heavy atom. The molecule has 0 aromatic carbocycles. The summed E-state index contributed by atoms with van der Waals surface area (Å²) in [5, 5.41) is 8.08. The van der Waals surface area contributed by atoms with Gasteiger partial charge in [0.2, 0.25) is 0 Å². The fourth-order valence-electron chi connectivity index (χ4n) is 0.274. The average Bonchev–Trinajstić information content (AvgIpc) is 1.61. The molecule has 40 valence electrons. The van der Waals surface area contributed by atoms with Gasteiger partial charge in [-0.15, -0.1) is 7.92 Å². The summed E-state index contributed by atoms with van der Waals surface area (Å²) in [6, 6.07) is 2.12. The van der Waals surface area contributed by atoms with E-state index in [4.69, 9.17) is 5.26 Å². The van der Waals surface area contributed by atoms with Crippen molar-refractivity contribution in [2.45, 2.75) is 6.42 Å². The molecule has 0 heterocycles. The molecule has 0 spiro atoms. The summed E-state index contributed by atoms with van der Waals surface area (Å²) in [5.74, 6) is 0. The van der Waals surface area contributed by atoms with Crippen molar-refractivity contribution in [1.82, 2.24) is 0 Å². The van der Waals surface area contributed by atoms with Crippen molar-refractivity contribution in [2.75, 3.05) is 19.5 Å². The van der Waals surface area contributed by atoms with Crippen LogP contribution in [0.25, 0.3) is 0 Å². The van der Waals surface area contributed by atoms with Gasteiger partial charge in [0.1, 0.15) is 0 Å². The molecule has 0 amide bonds. The van der Waals surface area contributed by atoms with Gasteiger partial charge >= 0.3 is 0 Å². The highest BCUT2D eigenvalue weighted by atomic mass is 31.1. The van der Waals surface area contributed by atoms with Gasteiger partial charge in [-0.3, -0.25) is 0 Å². The number of hydrogen-bond donors (Lipinski definition) is 0. The Labute approximate surface area is 46.1 Å². The van der Waals surface area contributed by atoms with Crippen LogP contribution in [0.3, 0.4) is 0 Å². The lowest BCUT2D eigenvalue weighted by atomic mass is 10.6. The van der Waals surface area contributed by atoms with E-state index >= 15 is 0 Å². The topological polar surface area (TPSA) is 23.8 Å². The summed E-state index contributed by atoms with van der Waals surface area (Å²) in [7, 11) is 0.171. The van der Waals surface area contributed by atoms with Gasteiger partial charge < -0.3 is 0 Å². The molecule has 0 aromatic rings. The minimum absolute atomic E-state index is 0.171. The third-order valence-electron chi connectivity index (χ3n) is 0.671. The van der Waals surface area contributed by atoms with Crippen LogP contribution >= 0.6 is 7.92 Å². The second-order valence-corrected chi connectivity index (χ2v) is 4.32. The Hall–Kier alpha value is -0.0800. The van der Waals surface area contributed by atoms with E-state index in [-0.39, 0.29) is 7.92 Å². The molecule has 0 N–H and O–H groups in total. The Morgan fingerprint density at radius 2 is 2.14 bits per heavy atom. The summed E-state index contributed by atoms with van der Waals surface area (Å²) in [6.45, 7) is 4.37. The minimum atomic E-state index is 0.171. The zero-order valence-electron chi connectivity index (χ0n) is 4.81. The van der Waals surface area contributed by atoms with Crippen molar-refractivity contribution in [3.63, 3.8) is 0 Å². The largest absolute Gasteiger partial charge is 0.198 e. The van der Waals surface area contributed by atoms with Crippen molar-refractivity contribution >= 4 is 7.92 Å². The van der Waals surface area contributed by atoms with Gasteiger partial charge in [0.15, 0.2) is 0 Å². The standard InChI is InChI=1S/C5H10NP/c1-7(2)5-3-4-6/h3,5H2,1-2H3. The van der Waals surface area contributed by atoms with Crippen LogP contribution < -0.4 is 0 Å². The number of nitrogens with zero attached hydrogens (tertiary/aromatic N) is 1. The fraction of sp³-hybridized carbons (Fsp3) is 0.800. The summed E-state index contributed by atoms with van der Waals surface area (Å²) in [6.07, 6.45) is 1.84. The van der Waals surface area contributed by atoms with Gasteiger partial charge in [-0.05, 0) is 19.5 Å². The molecule has 0 unspecified atom stereocenters. The molecule has 0 aliphatic rings. The third kappa shape index (κ3) is 5.92. The maximum absolute atomic E-state index is 8.08. The molecule has 0 radical (unpaired) electrons. The van der Waals surface area contributed by atoms with Crippen molar-refractivity contribution in [3.8, 4) is 6.07 Å². The first kappa shape index (κ1) is 6.92. The molecule has 0 bridgehead atoms. The molecule has 7 heavy (non-hydrogen) atoms. The molecule has 2 heteroatoms. The zero-order valence-corrected chi connectivity index (χ0v) is 5.70. The van der Waals surface area contributed by atoms with E-state index in [2.05, 4.69) is 19.4 Å². The van der Waals surface area contributed by atoms with Crippen LogP contribution in [0, 0.1) is 11.3 Å². The van der Waals surface area contributed by atoms with Crippen LogP contribution in [-0.2, 0) is 0 Å². The molecular weight excluding hydrogens is 105 g/mol. The molecule has 1 nitrogen and oxygen atoms in total. The Bertz CT molecular complexity index is 72.6. The summed E-state index contributed by atoms with van der Waals surface area (Å²) in [4.78, 5) is 0. The first-order valence-electron chi connectivity index (χ1n) is 2.29. The van der Waals surface area contributed by atoms with Gasteiger partial charge in [-0.1, -0.05) is 0 Å². The predicted octanol–water partition coefficient (Wildman–Crippen LogP) is 1.64.